The molecule has 0 aliphatic rings. The fourth-order valence-corrected chi connectivity index (χ4v) is 1.24. The molecule has 0 unspecified atom stereocenters. The Kier molecular flexibility index (Phi) is 9.22. The number of nitrogens with one attached hydrogen (secondary N) is 2. The van der Waals surface area contributed by atoms with Crippen LogP contribution in [0.1, 0.15) is 12.8 Å². The highest BCUT2D eigenvalue weighted by atomic mass is 16.2. The number of likely N-dealkylation sites (N-methyl/N-ethyl adjacent to an activating group) is 2. The van der Waals surface area contributed by atoms with E-state index in [9.17, 15) is 9.59 Å². The number of hydrogen-bond acceptors (Lipinski definition) is 4. The molecule has 0 aromatic carbocycles. The molecule has 0 aromatic heterocycles. The minimum absolute atomic E-state index is 0.0698. The fourth-order valence-electron chi connectivity index (χ4n) is 1.24. The summed E-state index contributed by atoms with van der Waals surface area (Å²) in [6.07, 6.45) is 0.502. The molecular formula is C12H26N4O2. The lowest BCUT2D eigenvalue weighted by Crippen LogP contribution is -2.34. The van der Waals surface area contributed by atoms with Gasteiger partial charge in [0.05, 0.1) is 0 Å². The summed E-state index contributed by atoms with van der Waals surface area (Å²) >= 11 is 0. The molecule has 0 aromatic rings. The van der Waals surface area contributed by atoms with Crippen molar-refractivity contribution in [3.63, 3.8) is 0 Å². The number of carbonyl (C=O) groups is 2. The summed E-state index contributed by atoms with van der Waals surface area (Å²) in [5.74, 6) is -0.140. The maximum absolute atomic E-state index is 11.4. The standard InChI is InChI=1S/C12H26N4O2/c1-15(2)9-7-13-11(17)5-6-12(18)14-8-10-16(3)4/h5-10H2,1-4H3,(H,13,17)(H,14,18). The second-order valence-corrected chi connectivity index (χ2v) is 4.81. The van der Waals surface area contributed by atoms with Gasteiger partial charge >= 0.3 is 0 Å². The van der Waals surface area contributed by atoms with E-state index in [4.69, 9.17) is 0 Å². The molecule has 0 atom stereocenters. The molecular weight excluding hydrogens is 232 g/mol. The quantitative estimate of drug-likeness (QED) is 0.564. The predicted molar refractivity (Wildman–Crippen MR) is 72.4 cm³/mol. The molecule has 0 bridgehead atoms. The van der Waals surface area contributed by atoms with Gasteiger partial charge in [0.25, 0.3) is 0 Å². The van der Waals surface area contributed by atoms with E-state index in [0.717, 1.165) is 13.1 Å². The van der Waals surface area contributed by atoms with Gasteiger partial charge in [-0.05, 0) is 28.2 Å². The van der Waals surface area contributed by atoms with Gasteiger partial charge in [-0.3, -0.25) is 9.59 Å². The van der Waals surface area contributed by atoms with Crippen LogP contribution in [0, 0.1) is 0 Å². The highest BCUT2D eigenvalue weighted by molar-refractivity contribution is 5.83. The summed E-state index contributed by atoms with van der Waals surface area (Å²) in [7, 11) is 7.80. The van der Waals surface area contributed by atoms with Crippen molar-refractivity contribution in [2.45, 2.75) is 12.8 Å². The van der Waals surface area contributed by atoms with Crippen LogP contribution in [0.2, 0.25) is 0 Å². The van der Waals surface area contributed by atoms with Crippen LogP contribution >= 0.6 is 0 Å². The third-order valence-electron chi connectivity index (χ3n) is 2.34. The zero-order valence-corrected chi connectivity index (χ0v) is 12.0. The van der Waals surface area contributed by atoms with Crippen LogP contribution in [0.5, 0.6) is 0 Å². The van der Waals surface area contributed by atoms with E-state index in [1.807, 2.05) is 38.0 Å². The number of nitrogens with zero attached hydrogens (tertiary/aromatic N) is 2. The van der Waals surface area contributed by atoms with Gasteiger partial charge in [0.15, 0.2) is 0 Å². The molecule has 0 saturated carbocycles. The smallest absolute Gasteiger partial charge is 0.220 e. The van der Waals surface area contributed by atoms with E-state index >= 15 is 0 Å². The SMILES string of the molecule is CN(C)CCNC(=O)CCC(=O)NCCN(C)C. The van der Waals surface area contributed by atoms with Crippen LogP contribution in [0.25, 0.3) is 0 Å². The van der Waals surface area contributed by atoms with Crippen molar-refractivity contribution in [1.82, 2.24) is 20.4 Å². The van der Waals surface area contributed by atoms with Crippen molar-refractivity contribution in [3.05, 3.63) is 0 Å². The van der Waals surface area contributed by atoms with Gasteiger partial charge in [-0.2, -0.15) is 0 Å². The molecule has 18 heavy (non-hydrogen) atoms. The van der Waals surface area contributed by atoms with E-state index in [1.54, 1.807) is 0 Å². The van der Waals surface area contributed by atoms with E-state index in [2.05, 4.69) is 10.6 Å². The highest BCUT2D eigenvalue weighted by Crippen LogP contribution is 1.89. The molecule has 106 valence electrons. The molecule has 2 N–H and O–H groups in total. The van der Waals surface area contributed by atoms with Gasteiger partial charge in [-0.25, -0.2) is 0 Å². The van der Waals surface area contributed by atoms with Crippen LogP contribution in [0.15, 0.2) is 0 Å². The van der Waals surface area contributed by atoms with Gasteiger partial charge in [-0.15, -0.1) is 0 Å². The zero-order valence-electron chi connectivity index (χ0n) is 12.0. The van der Waals surface area contributed by atoms with Gasteiger partial charge < -0.3 is 20.4 Å². The molecule has 0 fully saturated rings. The first-order valence-electron chi connectivity index (χ1n) is 6.24. The fraction of sp³-hybridized carbons (Fsp3) is 0.833. The van der Waals surface area contributed by atoms with Crippen LogP contribution in [0.4, 0.5) is 0 Å². The van der Waals surface area contributed by atoms with Crippen LogP contribution in [0.3, 0.4) is 0 Å². The highest BCUT2D eigenvalue weighted by Gasteiger charge is 2.06. The Morgan fingerprint density at radius 3 is 1.39 bits per heavy atom. The molecule has 0 radical (unpaired) electrons. The monoisotopic (exact) mass is 258 g/mol. The van der Waals surface area contributed by atoms with E-state index in [1.165, 1.54) is 0 Å². The molecule has 6 heteroatoms. The van der Waals surface area contributed by atoms with E-state index in [0.29, 0.717) is 13.1 Å². The lowest BCUT2D eigenvalue weighted by molar-refractivity contribution is -0.126. The molecule has 2 amide bonds. The lowest BCUT2D eigenvalue weighted by atomic mass is 10.3. The van der Waals surface area contributed by atoms with Crippen LogP contribution in [-0.2, 0) is 9.59 Å². The molecule has 0 heterocycles. The maximum Gasteiger partial charge on any atom is 0.220 e. The van der Waals surface area contributed by atoms with Crippen molar-refractivity contribution in [1.29, 1.82) is 0 Å². The van der Waals surface area contributed by atoms with Gasteiger partial charge in [-0.1, -0.05) is 0 Å². The van der Waals surface area contributed by atoms with Crippen molar-refractivity contribution in [3.8, 4) is 0 Å². The van der Waals surface area contributed by atoms with Crippen LogP contribution < -0.4 is 10.6 Å². The van der Waals surface area contributed by atoms with Crippen LogP contribution in [-0.4, -0.2) is 76.0 Å². The average Bonchev–Trinajstić information content (AvgIpc) is 2.25. The molecule has 0 aliphatic heterocycles. The Morgan fingerprint density at radius 2 is 1.11 bits per heavy atom. The predicted octanol–water partition coefficient (Wildman–Crippen LogP) is -0.878. The van der Waals surface area contributed by atoms with Crippen molar-refractivity contribution in [2.75, 3.05) is 54.4 Å². The first-order chi connectivity index (χ1) is 8.41. The second kappa shape index (κ2) is 9.85. The van der Waals surface area contributed by atoms with E-state index in [-0.39, 0.29) is 24.7 Å². The molecule has 0 spiro atoms. The molecule has 0 saturated heterocycles. The summed E-state index contributed by atoms with van der Waals surface area (Å²) in [6, 6.07) is 0. The minimum Gasteiger partial charge on any atom is -0.355 e. The molecule has 6 nitrogen and oxygen atoms in total. The number of hydrogen-bond donors (Lipinski definition) is 2. The summed E-state index contributed by atoms with van der Waals surface area (Å²) in [6.45, 7) is 2.85. The topological polar surface area (TPSA) is 64.7 Å². The Bertz CT molecular complexity index is 228. The number of carbonyl (C=O) groups excluding carboxylic acids is 2. The summed E-state index contributed by atoms with van der Waals surface area (Å²) < 4.78 is 0. The molecule has 0 rings (SSSR count). The molecule has 0 aliphatic carbocycles. The van der Waals surface area contributed by atoms with E-state index < -0.39 is 0 Å². The number of amides is 2. The Labute approximate surface area is 110 Å². The first kappa shape index (κ1) is 16.9. The number of rotatable bonds is 9. The third kappa shape index (κ3) is 11.3. The van der Waals surface area contributed by atoms with Crippen molar-refractivity contribution < 1.29 is 9.59 Å². The lowest BCUT2D eigenvalue weighted by Gasteiger charge is -2.11. The Hall–Kier alpha value is -1.14. The third-order valence-corrected chi connectivity index (χ3v) is 2.34. The Balaban J connectivity index is 3.50. The van der Waals surface area contributed by atoms with Gasteiger partial charge in [0.2, 0.25) is 11.8 Å². The maximum atomic E-state index is 11.4. The van der Waals surface area contributed by atoms with Crippen molar-refractivity contribution >= 4 is 11.8 Å². The summed E-state index contributed by atoms with van der Waals surface area (Å²) in [5.41, 5.74) is 0. The average molecular weight is 258 g/mol. The van der Waals surface area contributed by atoms with Gasteiger partial charge in [0.1, 0.15) is 0 Å². The Morgan fingerprint density at radius 1 is 0.778 bits per heavy atom. The van der Waals surface area contributed by atoms with Gasteiger partial charge in [0, 0.05) is 39.0 Å². The summed E-state index contributed by atoms with van der Waals surface area (Å²) in [4.78, 5) is 26.8. The minimum atomic E-state index is -0.0698. The second-order valence-electron chi connectivity index (χ2n) is 4.81. The normalized spacial score (nSPS) is 10.8. The largest absolute Gasteiger partial charge is 0.355 e. The zero-order chi connectivity index (χ0) is 14.0. The summed E-state index contributed by atoms with van der Waals surface area (Å²) in [5, 5.41) is 5.55. The first-order valence-corrected chi connectivity index (χ1v) is 6.24. The van der Waals surface area contributed by atoms with Crippen molar-refractivity contribution in [2.24, 2.45) is 0 Å².